The minimum atomic E-state index is -1.15. The summed E-state index contributed by atoms with van der Waals surface area (Å²) in [6.07, 6.45) is 5.51. The summed E-state index contributed by atoms with van der Waals surface area (Å²) < 4.78 is 11.3. The van der Waals surface area contributed by atoms with Crippen LogP contribution < -0.4 is 14.8 Å². The van der Waals surface area contributed by atoms with E-state index in [1.807, 2.05) is 37.3 Å². The summed E-state index contributed by atoms with van der Waals surface area (Å²) in [5, 5.41) is 12.1. The van der Waals surface area contributed by atoms with Gasteiger partial charge in [0.05, 0.1) is 7.11 Å². The Hall–Kier alpha value is -3.28. The average Bonchev–Trinajstić information content (AvgIpc) is 3.22. The number of ether oxygens (including phenoxy) is 2. The van der Waals surface area contributed by atoms with E-state index in [-0.39, 0.29) is 0 Å². The van der Waals surface area contributed by atoms with Crippen LogP contribution in [0, 0.1) is 6.92 Å². The molecule has 0 radical (unpaired) electrons. The van der Waals surface area contributed by atoms with Gasteiger partial charge < -0.3 is 19.9 Å². The van der Waals surface area contributed by atoms with E-state index >= 15 is 0 Å². The Bertz CT molecular complexity index is 944. The standard InChI is InChI=1S/C24H27NO5/c1-17-7-3-4-8-19(17)16-30-20-11-9-18(15-21(20)29-2)10-12-22(26)25-24(23(27)28)13-5-6-14-24/h3-4,7-12,15H,5-6,13-14,16H2,1-2H3,(H,25,26)(H,27,28)/b12-10+. The normalized spacial score (nSPS) is 15.1. The van der Waals surface area contributed by atoms with E-state index in [0.717, 1.165) is 29.5 Å². The number of carbonyl (C=O) groups excluding carboxylic acids is 1. The van der Waals surface area contributed by atoms with Gasteiger partial charge in [-0.05, 0) is 54.7 Å². The molecule has 2 aromatic rings. The van der Waals surface area contributed by atoms with Crippen molar-refractivity contribution in [3.8, 4) is 11.5 Å². The maximum Gasteiger partial charge on any atom is 0.329 e. The quantitative estimate of drug-likeness (QED) is 0.641. The largest absolute Gasteiger partial charge is 0.493 e. The fourth-order valence-electron chi connectivity index (χ4n) is 3.65. The van der Waals surface area contributed by atoms with Crippen molar-refractivity contribution in [2.45, 2.75) is 44.8 Å². The van der Waals surface area contributed by atoms with Crippen LogP contribution in [0.2, 0.25) is 0 Å². The Morgan fingerprint density at radius 2 is 1.87 bits per heavy atom. The summed E-state index contributed by atoms with van der Waals surface area (Å²) in [6.45, 7) is 2.47. The number of carbonyl (C=O) groups is 2. The van der Waals surface area contributed by atoms with Gasteiger partial charge >= 0.3 is 5.97 Å². The number of carboxylic acid groups (broad SMARTS) is 1. The van der Waals surface area contributed by atoms with E-state index in [4.69, 9.17) is 9.47 Å². The molecule has 1 saturated carbocycles. The molecule has 30 heavy (non-hydrogen) atoms. The molecule has 0 aromatic heterocycles. The van der Waals surface area contributed by atoms with E-state index in [0.29, 0.717) is 30.9 Å². The molecule has 0 heterocycles. The molecule has 6 heteroatoms. The lowest BCUT2D eigenvalue weighted by Gasteiger charge is -2.24. The van der Waals surface area contributed by atoms with Gasteiger partial charge in [0, 0.05) is 6.08 Å². The van der Waals surface area contributed by atoms with Crippen molar-refractivity contribution < 1.29 is 24.2 Å². The predicted molar refractivity (Wildman–Crippen MR) is 115 cm³/mol. The number of hydrogen-bond acceptors (Lipinski definition) is 4. The number of nitrogens with one attached hydrogen (secondary N) is 1. The van der Waals surface area contributed by atoms with Crippen molar-refractivity contribution >= 4 is 18.0 Å². The molecular formula is C24H27NO5. The molecule has 0 atom stereocenters. The van der Waals surface area contributed by atoms with Gasteiger partial charge in [0.25, 0.3) is 0 Å². The van der Waals surface area contributed by atoms with Gasteiger partial charge in [-0.1, -0.05) is 43.2 Å². The molecule has 0 bridgehead atoms. The molecule has 1 amide bonds. The Morgan fingerprint density at radius 1 is 1.13 bits per heavy atom. The first kappa shape index (κ1) is 21.4. The zero-order valence-corrected chi connectivity index (χ0v) is 17.3. The molecule has 6 nitrogen and oxygen atoms in total. The lowest BCUT2D eigenvalue weighted by atomic mass is 9.98. The smallest absolute Gasteiger partial charge is 0.329 e. The van der Waals surface area contributed by atoms with E-state index in [1.54, 1.807) is 25.3 Å². The van der Waals surface area contributed by atoms with Crippen molar-refractivity contribution in [2.75, 3.05) is 7.11 Å². The van der Waals surface area contributed by atoms with Gasteiger partial charge in [-0.25, -0.2) is 4.79 Å². The molecule has 1 aliphatic rings. The lowest BCUT2D eigenvalue weighted by molar-refractivity contribution is -0.146. The molecule has 1 aliphatic carbocycles. The Labute approximate surface area is 176 Å². The Kier molecular flexibility index (Phi) is 6.77. The highest BCUT2D eigenvalue weighted by Crippen LogP contribution is 2.31. The van der Waals surface area contributed by atoms with Gasteiger partial charge in [0.2, 0.25) is 5.91 Å². The maximum atomic E-state index is 12.3. The highest BCUT2D eigenvalue weighted by molar-refractivity contribution is 5.96. The van der Waals surface area contributed by atoms with Gasteiger partial charge in [-0.3, -0.25) is 4.79 Å². The monoisotopic (exact) mass is 409 g/mol. The number of aliphatic carboxylic acids is 1. The summed E-state index contributed by atoms with van der Waals surface area (Å²) in [5.41, 5.74) is 1.86. The molecule has 0 aliphatic heterocycles. The van der Waals surface area contributed by atoms with E-state index in [2.05, 4.69) is 5.32 Å². The van der Waals surface area contributed by atoms with Gasteiger partial charge in [0.15, 0.2) is 11.5 Å². The summed E-state index contributed by atoms with van der Waals surface area (Å²) in [5.74, 6) is -0.223. The summed E-state index contributed by atoms with van der Waals surface area (Å²) in [7, 11) is 1.56. The molecule has 3 rings (SSSR count). The number of benzene rings is 2. The van der Waals surface area contributed by atoms with Crippen LogP contribution in [0.15, 0.2) is 48.5 Å². The average molecular weight is 409 g/mol. The highest BCUT2D eigenvalue weighted by atomic mass is 16.5. The lowest BCUT2D eigenvalue weighted by Crippen LogP contribution is -2.52. The van der Waals surface area contributed by atoms with Crippen molar-refractivity contribution in [1.29, 1.82) is 0 Å². The van der Waals surface area contributed by atoms with Crippen molar-refractivity contribution in [1.82, 2.24) is 5.32 Å². The molecule has 158 valence electrons. The topological polar surface area (TPSA) is 84.9 Å². The number of amides is 1. The first-order valence-electron chi connectivity index (χ1n) is 10.0. The van der Waals surface area contributed by atoms with Crippen LogP contribution >= 0.6 is 0 Å². The summed E-state index contributed by atoms with van der Waals surface area (Å²) in [6, 6.07) is 13.4. The molecule has 0 spiro atoms. The first-order chi connectivity index (χ1) is 14.4. The molecular weight excluding hydrogens is 382 g/mol. The molecule has 2 aromatic carbocycles. The van der Waals surface area contributed by atoms with Crippen LogP contribution in [-0.2, 0) is 16.2 Å². The molecule has 0 saturated heterocycles. The fraction of sp³-hybridized carbons (Fsp3) is 0.333. The Morgan fingerprint density at radius 3 is 2.53 bits per heavy atom. The third kappa shape index (κ3) is 5.00. The number of rotatable bonds is 8. The zero-order chi connectivity index (χ0) is 21.6. The van der Waals surface area contributed by atoms with Gasteiger partial charge in [0.1, 0.15) is 12.1 Å². The van der Waals surface area contributed by atoms with Crippen molar-refractivity contribution in [3.05, 3.63) is 65.2 Å². The van der Waals surface area contributed by atoms with Crippen LogP contribution in [0.3, 0.4) is 0 Å². The highest BCUT2D eigenvalue weighted by Gasteiger charge is 2.42. The minimum Gasteiger partial charge on any atom is -0.493 e. The maximum absolute atomic E-state index is 12.3. The SMILES string of the molecule is COc1cc(/C=C/C(=O)NC2(C(=O)O)CCCC2)ccc1OCc1ccccc1C. The molecule has 2 N–H and O–H groups in total. The third-order valence-corrected chi connectivity index (χ3v) is 5.49. The number of carboxylic acids is 1. The van der Waals surface area contributed by atoms with Gasteiger partial charge in [-0.15, -0.1) is 0 Å². The minimum absolute atomic E-state index is 0.418. The third-order valence-electron chi connectivity index (χ3n) is 5.49. The van der Waals surface area contributed by atoms with Crippen LogP contribution in [0.4, 0.5) is 0 Å². The summed E-state index contributed by atoms with van der Waals surface area (Å²) >= 11 is 0. The van der Waals surface area contributed by atoms with E-state index < -0.39 is 17.4 Å². The molecule has 1 fully saturated rings. The van der Waals surface area contributed by atoms with E-state index in [1.165, 1.54) is 6.08 Å². The van der Waals surface area contributed by atoms with Crippen molar-refractivity contribution in [3.63, 3.8) is 0 Å². The van der Waals surface area contributed by atoms with Crippen LogP contribution in [0.5, 0.6) is 11.5 Å². The van der Waals surface area contributed by atoms with Gasteiger partial charge in [-0.2, -0.15) is 0 Å². The van der Waals surface area contributed by atoms with Crippen molar-refractivity contribution in [2.24, 2.45) is 0 Å². The number of methoxy groups -OCH3 is 1. The second-order valence-corrected chi connectivity index (χ2v) is 7.54. The van der Waals surface area contributed by atoms with E-state index in [9.17, 15) is 14.7 Å². The number of aryl methyl sites for hydroxylation is 1. The second kappa shape index (κ2) is 9.48. The second-order valence-electron chi connectivity index (χ2n) is 7.54. The number of hydrogen-bond donors (Lipinski definition) is 2. The zero-order valence-electron chi connectivity index (χ0n) is 17.3. The fourth-order valence-corrected chi connectivity index (χ4v) is 3.65. The molecule has 0 unspecified atom stereocenters. The Balaban J connectivity index is 1.66. The summed E-state index contributed by atoms with van der Waals surface area (Å²) in [4.78, 5) is 23.8. The van der Waals surface area contributed by atoms with Crippen LogP contribution in [-0.4, -0.2) is 29.6 Å². The van der Waals surface area contributed by atoms with Crippen LogP contribution in [0.1, 0.15) is 42.4 Å². The van der Waals surface area contributed by atoms with Crippen LogP contribution in [0.25, 0.3) is 6.08 Å². The first-order valence-corrected chi connectivity index (χ1v) is 10.0. The predicted octanol–water partition coefficient (Wildman–Crippen LogP) is 4.11.